The third kappa shape index (κ3) is 11.1. The molecule has 3 heterocycles. The van der Waals surface area contributed by atoms with Crippen molar-refractivity contribution >= 4 is 47.1 Å². The van der Waals surface area contributed by atoms with E-state index in [1.807, 2.05) is 20.8 Å². The zero-order chi connectivity index (χ0) is 32.7. The summed E-state index contributed by atoms with van der Waals surface area (Å²) in [7, 11) is 8.41. The second kappa shape index (κ2) is 16.0. The van der Waals surface area contributed by atoms with Crippen LogP contribution in [-0.4, -0.2) is 164 Å². The Kier molecular flexibility index (Phi) is 13.3. The van der Waals surface area contributed by atoms with Gasteiger partial charge in [0.25, 0.3) is 0 Å². The van der Waals surface area contributed by atoms with E-state index >= 15 is 0 Å². The molecule has 0 aromatic rings. The van der Waals surface area contributed by atoms with Crippen LogP contribution < -0.4 is 0 Å². The Morgan fingerprint density at radius 3 is 1.82 bits per heavy atom. The summed E-state index contributed by atoms with van der Waals surface area (Å²) < 4.78 is 41.9. The van der Waals surface area contributed by atoms with Crippen molar-refractivity contribution in [1.82, 2.24) is 19.1 Å². The molecule has 4 radical (unpaired) electrons. The molecule has 3 rings (SSSR count). The summed E-state index contributed by atoms with van der Waals surface area (Å²) in [5.41, 5.74) is -0.440. The van der Waals surface area contributed by atoms with Crippen LogP contribution in [0.4, 0.5) is 0 Å². The van der Waals surface area contributed by atoms with E-state index < -0.39 is 49.4 Å². The predicted molar refractivity (Wildman–Crippen MR) is 158 cm³/mol. The number of piperazine rings is 1. The fourth-order valence-corrected chi connectivity index (χ4v) is 7.61. The SMILES string of the molecule is [B]C1CN(C(=O)CCC(=O)O)CC(COP(=O)(N2CCN(C(=O)CCC(=O)O)CC2)N2CC([B])OC(COC(C)(C)C)C2)O1. The monoisotopic (exact) mass is 640 g/mol. The molecule has 5 atom stereocenters. The third-order valence-corrected chi connectivity index (χ3v) is 9.92. The molecule has 0 aromatic heterocycles. The summed E-state index contributed by atoms with van der Waals surface area (Å²) in [6.07, 6.45) is -2.15. The van der Waals surface area contributed by atoms with Gasteiger partial charge in [-0.15, -0.1) is 0 Å². The maximum atomic E-state index is 14.9. The normalized spacial score (nSPS) is 27.1. The van der Waals surface area contributed by atoms with Crippen LogP contribution >= 0.6 is 7.67 Å². The summed E-state index contributed by atoms with van der Waals surface area (Å²) in [4.78, 5) is 49.9. The lowest BCUT2D eigenvalue weighted by atomic mass is 9.97. The number of carbonyl (C=O) groups is 4. The summed E-state index contributed by atoms with van der Waals surface area (Å²) in [6, 6.07) is -1.63. The molecule has 0 saturated carbocycles. The molecule has 15 nitrogen and oxygen atoms in total. The molecule has 3 aliphatic rings. The molecule has 2 amide bonds. The second-order valence-corrected chi connectivity index (χ2v) is 14.5. The lowest BCUT2D eigenvalue weighted by Crippen LogP contribution is -2.55. The molecule has 3 saturated heterocycles. The van der Waals surface area contributed by atoms with E-state index in [4.69, 9.17) is 44.6 Å². The van der Waals surface area contributed by atoms with E-state index in [1.54, 1.807) is 14.2 Å². The fraction of sp³-hybridized carbons (Fsp3) is 0.846. The molecule has 44 heavy (non-hydrogen) atoms. The lowest BCUT2D eigenvalue weighted by Gasteiger charge is -2.47. The first-order valence-electron chi connectivity index (χ1n) is 14.8. The highest BCUT2D eigenvalue weighted by atomic mass is 31.2. The van der Waals surface area contributed by atoms with Gasteiger partial charge in [0.1, 0.15) is 15.7 Å². The van der Waals surface area contributed by atoms with Gasteiger partial charge in [-0.2, -0.15) is 0 Å². The van der Waals surface area contributed by atoms with Crippen LogP contribution in [0.5, 0.6) is 0 Å². The van der Waals surface area contributed by atoms with Crippen LogP contribution in [0.1, 0.15) is 46.5 Å². The van der Waals surface area contributed by atoms with Crippen molar-refractivity contribution in [2.45, 2.75) is 76.3 Å². The minimum atomic E-state index is -3.84. The van der Waals surface area contributed by atoms with Gasteiger partial charge in [0.05, 0.1) is 43.9 Å². The van der Waals surface area contributed by atoms with E-state index in [-0.39, 0.29) is 103 Å². The number of amides is 2. The number of morpholine rings is 2. The van der Waals surface area contributed by atoms with Gasteiger partial charge in [-0.05, 0) is 20.8 Å². The summed E-state index contributed by atoms with van der Waals surface area (Å²) in [5.74, 6) is -2.83. The zero-order valence-corrected chi connectivity index (χ0v) is 26.6. The van der Waals surface area contributed by atoms with E-state index in [0.29, 0.717) is 0 Å². The summed E-state index contributed by atoms with van der Waals surface area (Å²) in [5, 5.41) is 17.9. The van der Waals surface area contributed by atoms with E-state index in [9.17, 15) is 23.7 Å². The number of carboxylic acid groups (broad SMARTS) is 2. The van der Waals surface area contributed by atoms with Crippen molar-refractivity contribution in [1.29, 1.82) is 0 Å². The Labute approximate surface area is 260 Å². The molecule has 18 heteroatoms. The number of hydrogen-bond donors (Lipinski definition) is 2. The first-order valence-corrected chi connectivity index (χ1v) is 16.3. The average Bonchev–Trinajstić information content (AvgIpc) is 2.95. The van der Waals surface area contributed by atoms with E-state index in [2.05, 4.69) is 0 Å². The smallest absolute Gasteiger partial charge is 0.346 e. The van der Waals surface area contributed by atoms with E-state index in [1.165, 1.54) is 4.90 Å². The Bertz CT molecular complexity index is 1070. The summed E-state index contributed by atoms with van der Waals surface area (Å²) >= 11 is 0. The van der Waals surface area contributed by atoms with Crippen molar-refractivity contribution in [3.05, 3.63) is 0 Å². The van der Waals surface area contributed by atoms with Crippen molar-refractivity contribution in [3.63, 3.8) is 0 Å². The van der Waals surface area contributed by atoms with Gasteiger partial charge < -0.3 is 38.7 Å². The minimum Gasteiger partial charge on any atom is -0.481 e. The molecule has 3 aliphatic heterocycles. The number of rotatable bonds is 13. The maximum absolute atomic E-state index is 14.9. The van der Waals surface area contributed by atoms with Crippen LogP contribution in [0.25, 0.3) is 0 Å². The number of ether oxygens (including phenoxy) is 3. The maximum Gasteiger partial charge on any atom is 0.346 e. The molecule has 5 unspecified atom stereocenters. The van der Waals surface area contributed by atoms with Crippen molar-refractivity contribution in [2.24, 2.45) is 0 Å². The summed E-state index contributed by atoms with van der Waals surface area (Å²) in [6.45, 7) is 6.97. The first-order chi connectivity index (χ1) is 20.6. The average molecular weight is 640 g/mol. The number of carboxylic acids is 2. The molecular formula is C26H43B2N4O11P. The van der Waals surface area contributed by atoms with Gasteiger partial charge in [-0.3, -0.25) is 23.7 Å². The van der Waals surface area contributed by atoms with Gasteiger partial charge in [-0.25, -0.2) is 9.34 Å². The van der Waals surface area contributed by atoms with Gasteiger partial charge in [0.2, 0.25) is 11.8 Å². The molecule has 0 bridgehead atoms. The fourth-order valence-electron chi connectivity index (χ4n) is 5.12. The first kappa shape index (κ1) is 36.5. The van der Waals surface area contributed by atoms with Crippen molar-refractivity contribution in [3.8, 4) is 0 Å². The lowest BCUT2D eigenvalue weighted by molar-refractivity contribution is -0.146. The molecule has 2 N–H and O–H groups in total. The van der Waals surface area contributed by atoms with Gasteiger partial charge in [0, 0.05) is 77.2 Å². The Balaban J connectivity index is 1.75. The standard InChI is InChI=1S/C26H43B2N4O11P/c1-26(2,3)40-16-19-13-32(15-21(28)43-19)44(39,31-10-8-29(9-11-31)22(33)4-6-24(35)36)41-17-18-12-30(14-20(27)42-18)23(34)5-7-25(37)38/h18-21H,4-17H2,1-3H3,(H,35,36)(H,37,38). The van der Waals surface area contributed by atoms with Crippen LogP contribution in [0.3, 0.4) is 0 Å². The van der Waals surface area contributed by atoms with Gasteiger partial charge in [0.15, 0.2) is 0 Å². The third-order valence-electron chi connectivity index (χ3n) is 7.28. The van der Waals surface area contributed by atoms with Crippen LogP contribution in [-0.2, 0) is 42.5 Å². The molecule has 0 spiro atoms. The Morgan fingerprint density at radius 2 is 1.27 bits per heavy atom. The van der Waals surface area contributed by atoms with Crippen molar-refractivity contribution in [2.75, 3.05) is 65.6 Å². The minimum absolute atomic E-state index is 0.0721. The highest BCUT2D eigenvalue weighted by Crippen LogP contribution is 2.55. The van der Waals surface area contributed by atoms with Crippen LogP contribution in [0.15, 0.2) is 0 Å². The Morgan fingerprint density at radius 1 is 0.750 bits per heavy atom. The second-order valence-electron chi connectivity index (χ2n) is 12.1. The Hall–Kier alpha value is -2.00. The number of hydrogen-bond acceptors (Lipinski definition) is 9. The molecular weight excluding hydrogens is 597 g/mol. The van der Waals surface area contributed by atoms with Gasteiger partial charge in [-0.1, -0.05) is 0 Å². The largest absolute Gasteiger partial charge is 0.481 e. The van der Waals surface area contributed by atoms with Gasteiger partial charge >= 0.3 is 19.6 Å². The predicted octanol–water partition coefficient (Wildman–Crippen LogP) is -0.283. The quantitative estimate of drug-likeness (QED) is 0.199. The highest BCUT2D eigenvalue weighted by Gasteiger charge is 2.45. The number of nitrogens with zero attached hydrogens (tertiary/aromatic N) is 4. The van der Waals surface area contributed by atoms with Crippen LogP contribution in [0.2, 0.25) is 0 Å². The molecule has 3 fully saturated rings. The number of carbonyl (C=O) groups excluding carboxylic acids is 2. The topological polar surface area (TPSA) is 176 Å². The molecule has 244 valence electrons. The van der Waals surface area contributed by atoms with E-state index in [0.717, 1.165) is 0 Å². The van der Waals surface area contributed by atoms with Crippen LogP contribution in [0, 0.1) is 0 Å². The number of aliphatic carboxylic acids is 2. The highest BCUT2D eigenvalue weighted by molar-refractivity contribution is 7.54. The molecule has 0 aromatic carbocycles. The molecule has 0 aliphatic carbocycles. The zero-order valence-electron chi connectivity index (χ0n) is 25.7. The van der Waals surface area contributed by atoms with Crippen molar-refractivity contribution < 1.29 is 52.7 Å².